The van der Waals surface area contributed by atoms with Gasteiger partial charge in [-0.1, -0.05) is 0 Å². The van der Waals surface area contributed by atoms with E-state index in [0.717, 1.165) is 26.1 Å². The van der Waals surface area contributed by atoms with E-state index in [1.807, 2.05) is 0 Å². The molecule has 2 heterocycles. The number of hydrogen-bond acceptors (Lipinski definition) is 5. The molecule has 2 aliphatic rings. The van der Waals surface area contributed by atoms with Gasteiger partial charge in [-0.05, 0) is 46.4 Å². The van der Waals surface area contributed by atoms with Gasteiger partial charge in [-0.2, -0.15) is 0 Å². The van der Waals surface area contributed by atoms with E-state index in [-0.39, 0.29) is 6.04 Å². The number of likely N-dealkylation sites (tertiary alicyclic amines) is 1. The van der Waals surface area contributed by atoms with Crippen molar-refractivity contribution in [2.45, 2.75) is 31.3 Å². The predicted molar refractivity (Wildman–Crippen MR) is 78.2 cm³/mol. The molecule has 2 rings (SSSR count). The summed E-state index contributed by atoms with van der Waals surface area (Å²) in [5, 5.41) is 3.34. The summed E-state index contributed by atoms with van der Waals surface area (Å²) in [5.74, 6) is 0.621. The zero-order valence-electron chi connectivity index (χ0n) is 12.1. The highest BCUT2D eigenvalue weighted by Gasteiger charge is 2.28. The Balaban J connectivity index is 1.78. The zero-order chi connectivity index (χ0) is 13.9. The van der Waals surface area contributed by atoms with Crippen LogP contribution in [0.25, 0.3) is 0 Å². The topological polar surface area (TPSA) is 52.7 Å². The van der Waals surface area contributed by atoms with E-state index in [0.29, 0.717) is 24.1 Å². The number of rotatable bonds is 5. The summed E-state index contributed by atoms with van der Waals surface area (Å²) in [6, 6.07) is 0.801. The Bertz CT molecular complexity index is 383. The summed E-state index contributed by atoms with van der Waals surface area (Å²) in [6.07, 6.45) is 3.49. The van der Waals surface area contributed by atoms with Gasteiger partial charge in [0.1, 0.15) is 0 Å². The molecule has 0 aromatic heterocycles. The van der Waals surface area contributed by atoms with E-state index >= 15 is 0 Å². The minimum absolute atomic E-state index is 0.152. The molecule has 6 heteroatoms. The first-order valence-corrected chi connectivity index (χ1v) is 9.11. The molecule has 0 aromatic carbocycles. The number of sulfone groups is 1. The minimum Gasteiger partial charge on any atom is -0.312 e. The third-order valence-electron chi connectivity index (χ3n) is 4.14. The number of nitrogens with one attached hydrogen (secondary N) is 1. The monoisotopic (exact) mass is 289 g/mol. The van der Waals surface area contributed by atoms with Gasteiger partial charge in [0, 0.05) is 25.2 Å². The predicted octanol–water partition coefficient (Wildman–Crippen LogP) is -0.211. The molecule has 2 unspecified atom stereocenters. The Morgan fingerprint density at radius 3 is 2.84 bits per heavy atom. The van der Waals surface area contributed by atoms with Gasteiger partial charge in [0.25, 0.3) is 0 Å². The highest BCUT2D eigenvalue weighted by molar-refractivity contribution is 7.91. The van der Waals surface area contributed by atoms with Gasteiger partial charge in [-0.25, -0.2) is 8.42 Å². The van der Waals surface area contributed by atoms with Gasteiger partial charge in [0.05, 0.1) is 11.5 Å². The van der Waals surface area contributed by atoms with Crippen LogP contribution in [0.15, 0.2) is 0 Å². The van der Waals surface area contributed by atoms with Crippen molar-refractivity contribution in [1.82, 2.24) is 15.1 Å². The standard InChI is InChI=1S/C13H27N3O2S/c1-15(2)10-13-4-3-7-16(13)8-5-12-11-19(17,18)9-6-14-12/h12-14H,3-11H2,1-2H3. The van der Waals surface area contributed by atoms with Crippen molar-refractivity contribution in [1.29, 1.82) is 0 Å². The lowest BCUT2D eigenvalue weighted by Crippen LogP contribution is -2.47. The molecule has 0 amide bonds. The van der Waals surface area contributed by atoms with Crippen LogP contribution in [0.1, 0.15) is 19.3 Å². The van der Waals surface area contributed by atoms with Gasteiger partial charge in [0.15, 0.2) is 9.84 Å². The molecule has 5 nitrogen and oxygen atoms in total. The smallest absolute Gasteiger partial charge is 0.153 e. The fraction of sp³-hybridized carbons (Fsp3) is 1.00. The average Bonchev–Trinajstić information content (AvgIpc) is 2.71. The summed E-state index contributed by atoms with van der Waals surface area (Å²) in [7, 11) is 1.43. The van der Waals surface area contributed by atoms with Crippen LogP contribution in [-0.4, -0.2) is 82.1 Å². The Labute approximate surface area is 117 Å². The van der Waals surface area contributed by atoms with Crippen molar-refractivity contribution in [3.8, 4) is 0 Å². The van der Waals surface area contributed by atoms with Crippen LogP contribution in [0, 0.1) is 0 Å². The molecule has 2 atom stereocenters. The first kappa shape index (κ1) is 15.2. The first-order valence-electron chi connectivity index (χ1n) is 7.29. The lowest BCUT2D eigenvalue weighted by Gasteiger charge is -2.30. The quantitative estimate of drug-likeness (QED) is 0.759. The SMILES string of the molecule is CN(C)CC1CCCN1CCC1CS(=O)(=O)CCN1. The van der Waals surface area contributed by atoms with Crippen molar-refractivity contribution in [3.05, 3.63) is 0 Å². The van der Waals surface area contributed by atoms with Crippen LogP contribution in [0.5, 0.6) is 0 Å². The normalized spacial score (nSPS) is 31.9. The number of nitrogens with zero attached hydrogens (tertiary/aromatic N) is 2. The summed E-state index contributed by atoms with van der Waals surface area (Å²) in [6.45, 7) is 3.91. The van der Waals surface area contributed by atoms with Crippen LogP contribution >= 0.6 is 0 Å². The molecule has 0 aromatic rings. The van der Waals surface area contributed by atoms with Crippen LogP contribution in [0.3, 0.4) is 0 Å². The van der Waals surface area contributed by atoms with Crippen molar-refractivity contribution in [3.63, 3.8) is 0 Å². The van der Waals surface area contributed by atoms with Crippen molar-refractivity contribution >= 4 is 9.84 Å². The Morgan fingerprint density at radius 2 is 2.16 bits per heavy atom. The third-order valence-corrected chi connectivity index (χ3v) is 5.88. The highest BCUT2D eigenvalue weighted by atomic mass is 32.2. The zero-order valence-corrected chi connectivity index (χ0v) is 13.0. The summed E-state index contributed by atoms with van der Waals surface area (Å²) < 4.78 is 23.2. The molecule has 2 saturated heterocycles. The van der Waals surface area contributed by atoms with Crippen molar-refractivity contribution in [2.24, 2.45) is 0 Å². The van der Waals surface area contributed by atoms with Crippen LogP contribution in [0.4, 0.5) is 0 Å². The summed E-state index contributed by atoms with van der Waals surface area (Å²) in [4.78, 5) is 4.77. The Kier molecular flexibility index (Phi) is 5.22. The minimum atomic E-state index is -2.80. The number of likely N-dealkylation sites (N-methyl/N-ethyl adjacent to an activating group) is 1. The fourth-order valence-electron chi connectivity index (χ4n) is 3.19. The molecule has 0 saturated carbocycles. The lowest BCUT2D eigenvalue weighted by molar-refractivity contribution is 0.200. The van der Waals surface area contributed by atoms with Crippen LogP contribution < -0.4 is 5.32 Å². The van der Waals surface area contributed by atoms with Crippen molar-refractivity contribution in [2.75, 3.05) is 51.8 Å². The molecule has 0 spiro atoms. The maximum Gasteiger partial charge on any atom is 0.153 e. The molecule has 1 N–H and O–H groups in total. The van der Waals surface area contributed by atoms with Gasteiger partial charge in [-0.3, -0.25) is 4.90 Å². The molecule has 2 aliphatic heterocycles. The largest absolute Gasteiger partial charge is 0.312 e. The van der Waals surface area contributed by atoms with E-state index in [4.69, 9.17) is 0 Å². The van der Waals surface area contributed by atoms with Crippen LogP contribution in [-0.2, 0) is 9.84 Å². The first-order chi connectivity index (χ1) is 8.96. The summed E-state index contributed by atoms with van der Waals surface area (Å²) in [5.41, 5.74) is 0. The van der Waals surface area contributed by atoms with Crippen molar-refractivity contribution < 1.29 is 8.42 Å². The average molecular weight is 289 g/mol. The molecule has 0 aliphatic carbocycles. The molecule has 19 heavy (non-hydrogen) atoms. The van der Waals surface area contributed by atoms with E-state index in [9.17, 15) is 8.42 Å². The van der Waals surface area contributed by atoms with E-state index < -0.39 is 9.84 Å². The highest BCUT2D eigenvalue weighted by Crippen LogP contribution is 2.18. The summed E-state index contributed by atoms with van der Waals surface area (Å²) >= 11 is 0. The molecule has 2 fully saturated rings. The van der Waals surface area contributed by atoms with Gasteiger partial charge >= 0.3 is 0 Å². The molecular formula is C13H27N3O2S. The second-order valence-electron chi connectivity index (χ2n) is 6.15. The third kappa shape index (κ3) is 4.70. The second kappa shape index (κ2) is 6.52. The number of hydrogen-bond donors (Lipinski definition) is 1. The maximum absolute atomic E-state index is 11.6. The Morgan fingerprint density at radius 1 is 1.37 bits per heavy atom. The van der Waals surface area contributed by atoms with Crippen LogP contribution in [0.2, 0.25) is 0 Å². The second-order valence-corrected chi connectivity index (χ2v) is 8.38. The Hall–Kier alpha value is -0.170. The molecule has 112 valence electrons. The fourth-order valence-corrected chi connectivity index (χ4v) is 4.69. The van der Waals surface area contributed by atoms with E-state index in [1.54, 1.807) is 0 Å². The lowest BCUT2D eigenvalue weighted by atomic mass is 10.2. The molecule has 0 bridgehead atoms. The molecule has 0 radical (unpaired) electrons. The van der Waals surface area contributed by atoms with E-state index in [2.05, 4.69) is 29.2 Å². The maximum atomic E-state index is 11.6. The van der Waals surface area contributed by atoms with E-state index in [1.165, 1.54) is 12.8 Å². The van der Waals surface area contributed by atoms with Gasteiger partial charge in [0.2, 0.25) is 0 Å². The van der Waals surface area contributed by atoms with Gasteiger partial charge < -0.3 is 10.2 Å². The van der Waals surface area contributed by atoms with Gasteiger partial charge in [-0.15, -0.1) is 0 Å². The molecular weight excluding hydrogens is 262 g/mol.